The van der Waals surface area contributed by atoms with E-state index < -0.39 is 0 Å². The van der Waals surface area contributed by atoms with Crippen LogP contribution < -0.4 is 0 Å². The number of thioether (sulfide) groups is 1. The van der Waals surface area contributed by atoms with Crippen LogP contribution in [0.2, 0.25) is 0 Å². The number of benzene rings is 1. The first-order valence-corrected chi connectivity index (χ1v) is 8.74. The van der Waals surface area contributed by atoms with Crippen LogP contribution in [0, 0.1) is 5.92 Å². The van der Waals surface area contributed by atoms with E-state index in [-0.39, 0.29) is 10.7 Å². The minimum absolute atomic E-state index is 0.256. The van der Waals surface area contributed by atoms with E-state index in [2.05, 4.69) is 19.1 Å². The third-order valence-corrected chi connectivity index (χ3v) is 5.70. The van der Waals surface area contributed by atoms with Gasteiger partial charge in [0.15, 0.2) is 0 Å². The summed E-state index contributed by atoms with van der Waals surface area (Å²) in [5.41, 5.74) is 0. The average molecular weight is 320 g/mol. The number of hydrogen-bond donors (Lipinski definition) is 0. The van der Waals surface area contributed by atoms with Gasteiger partial charge in [0.25, 0.3) is 0 Å². The van der Waals surface area contributed by atoms with Gasteiger partial charge in [-0.25, -0.2) is 0 Å². The van der Waals surface area contributed by atoms with E-state index >= 15 is 0 Å². The number of carbonyl (C=O) groups is 2. The van der Waals surface area contributed by atoms with Crippen molar-refractivity contribution in [2.24, 2.45) is 5.92 Å². The minimum atomic E-state index is -0.353. The van der Waals surface area contributed by atoms with Gasteiger partial charge in [-0.05, 0) is 43.7 Å². The van der Waals surface area contributed by atoms with Crippen LogP contribution in [-0.2, 0) is 14.3 Å². The molecule has 120 valence electrons. The van der Waals surface area contributed by atoms with Crippen LogP contribution in [0.3, 0.4) is 0 Å². The largest absolute Gasteiger partial charge is 0.466 e. The maximum absolute atomic E-state index is 12.7. The number of rotatable bonds is 6. The molecular formula is C18H24O3S. The normalized spacial score (nSPS) is 25.0. The second kappa shape index (κ2) is 7.82. The lowest BCUT2D eigenvalue weighted by Gasteiger charge is -2.37. The zero-order valence-electron chi connectivity index (χ0n) is 13.3. The van der Waals surface area contributed by atoms with Crippen LogP contribution in [0.1, 0.15) is 46.0 Å². The molecule has 0 spiro atoms. The van der Waals surface area contributed by atoms with Gasteiger partial charge < -0.3 is 4.74 Å². The van der Waals surface area contributed by atoms with Gasteiger partial charge in [0, 0.05) is 18.2 Å². The van der Waals surface area contributed by atoms with E-state index in [9.17, 15) is 9.59 Å². The molecule has 1 aromatic rings. The summed E-state index contributed by atoms with van der Waals surface area (Å²) in [5, 5.41) is 0. The Balaban J connectivity index is 2.06. The van der Waals surface area contributed by atoms with Crippen LogP contribution in [0.4, 0.5) is 0 Å². The second-order valence-corrected chi connectivity index (χ2v) is 7.58. The van der Waals surface area contributed by atoms with E-state index in [1.54, 1.807) is 11.8 Å². The fourth-order valence-electron chi connectivity index (χ4n) is 2.93. The molecule has 22 heavy (non-hydrogen) atoms. The summed E-state index contributed by atoms with van der Waals surface area (Å²) in [6, 6.07) is 10.1. The maximum atomic E-state index is 12.7. The summed E-state index contributed by atoms with van der Waals surface area (Å²) in [7, 11) is 0. The standard InChI is InChI=1S/C18H24O3S/c1-14-9-11-18(17(20)13-14,10-6-12-21-15(2)19)22-16-7-4-3-5-8-16/h3-5,7-8,14H,6,9-13H2,1-2H3/t14-,18?/m1/s1. The Morgan fingerprint density at radius 1 is 1.36 bits per heavy atom. The van der Waals surface area contributed by atoms with E-state index in [1.165, 1.54) is 6.92 Å². The van der Waals surface area contributed by atoms with Crippen molar-refractivity contribution in [2.75, 3.05) is 6.61 Å². The summed E-state index contributed by atoms with van der Waals surface area (Å²) in [5.74, 6) is 0.571. The first-order valence-electron chi connectivity index (χ1n) is 7.92. The maximum Gasteiger partial charge on any atom is 0.302 e. The lowest BCUT2D eigenvalue weighted by Crippen LogP contribution is -2.40. The predicted molar refractivity (Wildman–Crippen MR) is 88.9 cm³/mol. The monoisotopic (exact) mass is 320 g/mol. The first-order chi connectivity index (χ1) is 10.5. The molecule has 0 N–H and O–H groups in total. The van der Waals surface area contributed by atoms with Crippen molar-refractivity contribution in [1.29, 1.82) is 0 Å². The third kappa shape index (κ3) is 4.60. The molecule has 1 aromatic carbocycles. The minimum Gasteiger partial charge on any atom is -0.466 e. The Morgan fingerprint density at radius 3 is 2.73 bits per heavy atom. The summed E-state index contributed by atoms with van der Waals surface area (Å²) < 4.78 is 4.67. The number of carbonyl (C=O) groups excluding carboxylic acids is 2. The van der Waals surface area contributed by atoms with Gasteiger partial charge in [-0.15, -0.1) is 11.8 Å². The molecule has 0 aromatic heterocycles. The number of ketones is 1. The molecule has 0 bridgehead atoms. The number of esters is 1. The molecule has 3 nitrogen and oxygen atoms in total. The fourth-order valence-corrected chi connectivity index (χ4v) is 4.34. The molecule has 2 atom stereocenters. The molecule has 0 aliphatic heterocycles. The highest BCUT2D eigenvalue weighted by Crippen LogP contribution is 2.46. The molecule has 4 heteroatoms. The average Bonchev–Trinajstić information content (AvgIpc) is 2.48. The molecule has 1 aliphatic carbocycles. The lowest BCUT2D eigenvalue weighted by atomic mass is 9.79. The van der Waals surface area contributed by atoms with Gasteiger partial charge >= 0.3 is 5.97 Å². The topological polar surface area (TPSA) is 43.4 Å². The zero-order valence-corrected chi connectivity index (χ0v) is 14.2. The van der Waals surface area contributed by atoms with E-state index in [4.69, 9.17) is 4.74 Å². The summed E-state index contributed by atoms with van der Waals surface area (Å²) in [6.45, 7) is 3.96. The SMILES string of the molecule is CC(=O)OCCCC1(Sc2ccccc2)CC[C@@H](C)CC1=O. The third-order valence-electron chi connectivity index (χ3n) is 4.17. The summed E-state index contributed by atoms with van der Waals surface area (Å²) >= 11 is 1.69. The van der Waals surface area contributed by atoms with Crippen molar-refractivity contribution in [3.8, 4) is 0 Å². The van der Waals surface area contributed by atoms with Crippen molar-refractivity contribution in [2.45, 2.75) is 55.6 Å². The quantitative estimate of drug-likeness (QED) is 0.580. The Morgan fingerprint density at radius 2 is 2.09 bits per heavy atom. The zero-order chi connectivity index (χ0) is 16.0. The molecule has 1 fully saturated rings. The smallest absolute Gasteiger partial charge is 0.302 e. The Bertz CT molecular complexity index is 514. The Hall–Kier alpha value is -1.29. The Labute approximate surface area is 136 Å². The molecule has 0 amide bonds. The van der Waals surface area contributed by atoms with E-state index in [1.807, 2.05) is 18.2 Å². The highest BCUT2D eigenvalue weighted by Gasteiger charge is 2.42. The van der Waals surface area contributed by atoms with Gasteiger partial charge in [-0.2, -0.15) is 0 Å². The van der Waals surface area contributed by atoms with Crippen molar-refractivity contribution in [3.05, 3.63) is 30.3 Å². The van der Waals surface area contributed by atoms with Gasteiger partial charge in [-0.1, -0.05) is 25.1 Å². The summed E-state index contributed by atoms with van der Waals surface area (Å²) in [6.07, 6.45) is 4.16. The molecule has 0 saturated heterocycles. The Kier molecular flexibility index (Phi) is 6.07. The van der Waals surface area contributed by atoms with Crippen molar-refractivity contribution < 1.29 is 14.3 Å². The fraction of sp³-hybridized carbons (Fsp3) is 0.556. The molecule has 1 unspecified atom stereocenters. The summed E-state index contributed by atoms with van der Waals surface area (Å²) in [4.78, 5) is 24.7. The van der Waals surface area contributed by atoms with Crippen molar-refractivity contribution >= 4 is 23.5 Å². The van der Waals surface area contributed by atoms with Crippen LogP contribution in [0.25, 0.3) is 0 Å². The second-order valence-electron chi connectivity index (χ2n) is 6.12. The molecule has 0 radical (unpaired) electrons. The van der Waals surface area contributed by atoms with Crippen LogP contribution >= 0.6 is 11.8 Å². The van der Waals surface area contributed by atoms with Crippen molar-refractivity contribution in [3.63, 3.8) is 0 Å². The highest BCUT2D eigenvalue weighted by atomic mass is 32.2. The first kappa shape index (κ1) is 17.1. The van der Waals surface area contributed by atoms with Crippen LogP contribution in [0.15, 0.2) is 35.2 Å². The van der Waals surface area contributed by atoms with E-state index in [0.717, 1.165) is 30.6 Å². The highest BCUT2D eigenvalue weighted by molar-refractivity contribution is 8.01. The van der Waals surface area contributed by atoms with E-state index in [0.29, 0.717) is 24.7 Å². The number of ether oxygens (including phenoxy) is 1. The molecule has 1 aliphatic rings. The number of hydrogen-bond acceptors (Lipinski definition) is 4. The molecule has 2 rings (SSSR count). The van der Waals surface area contributed by atoms with Gasteiger partial charge in [0.05, 0.1) is 11.4 Å². The predicted octanol–water partition coefficient (Wildman–Crippen LogP) is 4.25. The lowest BCUT2D eigenvalue weighted by molar-refractivity contribution is -0.141. The van der Waals surface area contributed by atoms with Gasteiger partial charge in [0.1, 0.15) is 5.78 Å². The molecule has 1 saturated carbocycles. The van der Waals surface area contributed by atoms with Gasteiger partial charge in [-0.3, -0.25) is 9.59 Å². The molecular weight excluding hydrogens is 296 g/mol. The van der Waals surface area contributed by atoms with Crippen LogP contribution in [-0.4, -0.2) is 23.1 Å². The van der Waals surface area contributed by atoms with Crippen molar-refractivity contribution in [1.82, 2.24) is 0 Å². The van der Waals surface area contributed by atoms with Gasteiger partial charge in [0.2, 0.25) is 0 Å². The molecule has 0 heterocycles. The van der Waals surface area contributed by atoms with Crippen LogP contribution in [0.5, 0.6) is 0 Å². The number of Topliss-reactive ketones (excluding diaryl/α,β-unsaturated/α-hetero) is 1.